The van der Waals surface area contributed by atoms with E-state index in [0.29, 0.717) is 35.3 Å². The molecule has 2 aromatic rings. The Bertz CT molecular complexity index is 975. The van der Waals surface area contributed by atoms with Crippen LogP contribution in [-0.4, -0.2) is 49.3 Å². The summed E-state index contributed by atoms with van der Waals surface area (Å²) < 4.78 is 9.30. The first-order chi connectivity index (χ1) is 13.0. The molecule has 3 rings (SSSR count). The van der Waals surface area contributed by atoms with Gasteiger partial charge in [-0.05, 0) is 43.1 Å². The Labute approximate surface area is 170 Å². The number of fused-ring (bicyclic) bond motifs is 1. The van der Waals surface area contributed by atoms with Gasteiger partial charge in [-0.1, -0.05) is 0 Å². The SMILES string of the molecule is Cn1c(Br)cc2nc(CN(C[C@@H]3CCC(=O)N3)C(=O)OC(C)(C)C)cc(=O)n21. The van der Waals surface area contributed by atoms with Gasteiger partial charge in [0.2, 0.25) is 5.91 Å². The van der Waals surface area contributed by atoms with Gasteiger partial charge in [-0.3, -0.25) is 14.3 Å². The van der Waals surface area contributed by atoms with E-state index in [9.17, 15) is 14.4 Å². The number of aromatic nitrogens is 3. The van der Waals surface area contributed by atoms with Crippen LogP contribution >= 0.6 is 15.9 Å². The molecule has 0 aromatic carbocycles. The smallest absolute Gasteiger partial charge is 0.410 e. The van der Waals surface area contributed by atoms with Crippen LogP contribution in [0.1, 0.15) is 39.3 Å². The molecule has 0 spiro atoms. The van der Waals surface area contributed by atoms with E-state index < -0.39 is 11.7 Å². The highest BCUT2D eigenvalue weighted by molar-refractivity contribution is 9.10. The standard InChI is InChI=1S/C18H24BrN5O4/c1-18(2,3)28-17(27)23(9-11-5-6-15(25)21-11)10-12-7-16(26)24-14(20-12)8-13(19)22(24)4/h7-8,11H,5-6,9-10H2,1-4H3,(H,21,25)/t11-/m0/s1. The Morgan fingerprint density at radius 2 is 2.11 bits per heavy atom. The minimum atomic E-state index is -0.657. The van der Waals surface area contributed by atoms with Gasteiger partial charge >= 0.3 is 6.09 Å². The van der Waals surface area contributed by atoms with Crippen LogP contribution in [-0.2, 0) is 23.1 Å². The molecule has 0 aliphatic carbocycles. The maximum Gasteiger partial charge on any atom is 0.410 e. The molecule has 2 amide bonds. The first-order valence-corrected chi connectivity index (χ1v) is 9.84. The number of carbonyl (C=O) groups excluding carboxylic acids is 2. The van der Waals surface area contributed by atoms with Crippen molar-refractivity contribution >= 4 is 33.6 Å². The number of hydrogen-bond acceptors (Lipinski definition) is 5. The van der Waals surface area contributed by atoms with Crippen LogP contribution in [0.25, 0.3) is 5.65 Å². The number of carbonyl (C=O) groups is 2. The van der Waals surface area contributed by atoms with Crippen LogP contribution in [0.15, 0.2) is 21.5 Å². The second-order valence-corrected chi connectivity index (χ2v) is 8.72. The van der Waals surface area contributed by atoms with Crippen molar-refractivity contribution in [3.05, 3.63) is 32.8 Å². The molecule has 0 saturated carbocycles. The molecule has 1 aliphatic heterocycles. The van der Waals surface area contributed by atoms with E-state index >= 15 is 0 Å². The highest BCUT2D eigenvalue weighted by atomic mass is 79.9. The van der Waals surface area contributed by atoms with Gasteiger partial charge < -0.3 is 15.0 Å². The van der Waals surface area contributed by atoms with Gasteiger partial charge in [-0.25, -0.2) is 9.78 Å². The first-order valence-electron chi connectivity index (χ1n) is 9.05. The molecule has 1 N–H and O–H groups in total. The molecule has 3 heterocycles. The third-order valence-corrected chi connectivity index (χ3v) is 5.10. The lowest BCUT2D eigenvalue weighted by Crippen LogP contribution is -2.44. The van der Waals surface area contributed by atoms with Crippen molar-refractivity contribution in [1.82, 2.24) is 24.4 Å². The predicted molar refractivity (Wildman–Crippen MR) is 106 cm³/mol. The lowest BCUT2D eigenvalue weighted by molar-refractivity contribution is -0.119. The van der Waals surface area contributed by atoms with Crippen molar-refractivity contribution in [2.24, 2.45) is 7.05 Å². The van der Waals surface area contributed by atoms with Crippen LogP contribution in [0.5, 0.6) is 0 Å². The van der Waals surface area contributed by atoms with Crippen LogP contribution < -0.4 is 10.9 Å². The fraction of sp³-hybridized carbons (Fsp3) is 0.556. The maximum absolute atomic E-state index is 12.7. The fourth-order valence-corrected chi connectivity index (χ4v) is 3.48. The third-order valence-electron chi connectivity index (χ3n) is 4.36. The van der Waals surface area contributed by atoms with Crippen LogP contribution in [0, 0.1) is 0 Å². The van der Waals surface area contributed by atoms with E-state index in [0.717, 1.165) is 0 Å². The number of halogens is 1. The molecule has 1 aliphatic rings. The number of nitrogens with one attached hydrogen (secondary N) is 1. The Balaban J connectivity index is 1.87. The van der Waals surface area contributed by atoms with Gasteiger partial charge in [0.15, 0.2) is 5.65 Å². The van der Waals surface area contributed by atoms with E-state index in [2.05, 4.69) is 26.2 Å². The molecule has 10 heteroatoms. The number of nitrogens with zero attached hydrogens (tertiary/aromatic N) is 4. The summed E-state index contributed by atoms with van der Waals surface area (Å²) in [7, 11) is 1.75. The maximum atomic E-state index is 12.7. The molecule has 28 heavy (non-hydrogen) atoms. The molecule has 0 radical (unpaired) electrons. The Kier molecular flexibility index (Phi) is 5.51. The molecule has 9 nitrogen and oxygen atoms in total. The molecule has 1 atom stereocenters. The van der Waals surface area contributed by atoms with Gasteiger partial charge in [-0.15, -0.1) is 0 Å². The number of ether oxygens (including phenoxy) is 1. The second kappa shape index (κ2) is 7.57. The zero-order chi connectivity index (χ0) is 20.6. The summed E-state index contributed by atoms with van der Waals surface area (Å²) in [6.07, 6.45) is 0.583. The van der Waals surface area contributed by atoms with E-state index in [1.54, 1.807) is 38.6 Å². The zero-order valence-corrected chi connectivity index (χ0v) is 17.9. The summed E-state index contributed by atoms with van der Waals surface area (Å²) in [5.41, 5.74) is 0.0372. The molecule has 1 saturated heterocycles. The summed E-state index contributed by atoms with van der Waals surface area (Å²) in [5.74, 6) is -0.0268. The van der Waals surface area contributed by atoms with E-state index in [-0.39, 0.29) is 24.1 Å². The van der Waals surface area contributed by atoms with Gasteiger partial charge in [0, 0.05) is 38.2 Å². The quantitative estimate of drug-likeness (QED) is 0.760. The van der Waals surface area contributed by atoms with Crippen LogP contribution in [0.3, 0.4) is 0 Å². The fourth-order valence-electron chi connectivity index (χ4n) is 3.12. The van der Waals surface area contributed by atoms with Crippen molar-refractivity contribution in [2.75, 3.05) is 6.54 Å². The third kappa shape index (κ3) is 4.54. The van der Waals surface area contributed by atoms with Crippen LogP contribution in [0.4, 0.5) is 4.79 Å². The number of aryl methyl sites for hydroxylation is 1. The van der Waals surface area contributed by atoms with Crippen molar-refractivity contribution in [1.29, 1.82) is 0 Å². The predicted octanol–water partition coefficient (Wildman–Crippen LogP) is 1.81. The Morgan fingerprint density at radius 1 is 1.39 bits per heavy atom. The molecular weight excluding hydrogens is 430 g/mol. The van der Waals surface area contributed by atoms with E-state index in [1.165, 1.54) is 15.5 Å². The minimum Gasteiger partial charge on any atom is -0.444 e. The summed E-state index contributed by atoms with van der Waals surface area (Å²) >= 11 is 3.38. The average molecular weight is 454 g/mol. The van der Waals surface area contributed by atoms with E-state index in [4.69, 9.17) is 4.74 Å². The molecule has 1 fully saturated rings. The normalized spacial score (nSPS) is 17.0. The average Bonchev–Trinajstić information content (AvgIpc) is 3.08. The monoisotopic (exact) mass is 453 g/mol. The van der Waals surface area contributed by atoms with Gasteiger partial charge in [0.25, 0.3) is 5.56 Å². The molecule has 152 valence electrons. The molecule has 0 unspecified atom stereocenters. The minimum absolute atomic E-state index is 0.0268. The second-order valence-electron chi connectivity index (χ2n) is 7.91. The molecule has 0 bridgehead atoms. The van der Waals surface area contributed by atoms with Gasteiger partial charge in [0.1, 0.15) is 10.2 Å². The van der Waals surface area contributed by atoms with Crippen molar-refractivity contribution in [2.45, 2.75) is 51.8 Å². The van der Waals surface area contributed by atoms with Crippen molar-refractivity contribution in [3.63, 3.8) is 0 Å². The number of amides is 2. The molecular formula is C18H24BrN5O4. The summed E-state index contributed by atoms with van der Waals surface area (Å²) in [6.45, 7) is 5.77. The number of hydrogen-bond donors (Lipinski definition) is 1. The molecule has 2 aromatic heterocycles. The van der Waals surface area contributed by atoms with E-state index in [1.807, 2.05) is 0 Å². The zero-order valence-electron chi connectivity index (χ0n) is 16.4. The highest BCUT2D eigenvalue weighted by Gasteiger charge is 2.29. The Morgan fingerprint density at radius 3 is 2.71 bits per heavy atom. The van der Waals surface area contributed by atoms with Crippen molar-refractivity contribution in [3.8, 4) is 0 Å². The Hall–Kier alpha value is -2.36. The van der Waals surface area contributed by atoms with Crippen molar-refractivity contribution < 1.29 is 14.3 Å². The van der Waals surface area contributed by atoms with Crippen LogP contribution in [0.2, 0.25) is 0 Å². The summed E-state index contributed by atoms with van der Waals surface area (Å²) in [4.78, 5) is 42.7. The summed E-state index contributed by atoms with van der Waals surface area (Å²) in [5, 5.41) is 2.86. The lowest BCUT2D eigenvalue weighted by Gasteiger charge is -2.29. The lowest BCUT2D eigenvalue weighted by atomic mass is 10.2. The topological polar surface area (TPSA) is 97.9 Å². The largest absolute Gasteiger partial charge is 0.444 e. The summed E-state index contributed by atoms with van der Waals surface area (Å²) in [6, 6.07) is 3.00. The number of rotatable bonds is 4. The first kappa shape index (κ1) is 20.4. The highest BCUT2D eigenvalue weighted by Crippen LogP contribution is 2.16. The van der Waals surface area contributed by atoms with Gasteiger partial charge in [0.05, 0.1) is 12.2 Å². The van der Waals surface area contributed by atoms with Gasteiger partial charge in [-0.2, -0.15) is 4.52 Å².